The fourth-order valence-electron chi connectivity index (χ4n) is 3.07. The minimum atomic E-state index is -0.433. The summed E-state index contributed by atoms with van der Waals surface area (Å²) in [4.78, 5) is 14.7. The first kappa shape index (κ1) is 14.4. The Bertz CT molecular complexity index is 675. The zero-order valence-corrected chi connectivity index (χ0v) is 11.9. The van der Waals surface area contributed by atoms with Crippen molar-refractivity contribution in [2.75, 3.05) is 5.32 Å². The highest BCUT2D eigenvalue weighted by atomic mass is 19.1. The summed E-state index contributed by atoms with van der Waals surface area (Å²) in [6.45, 7) is 0. The molecule has 1 aromatic heterocycles. The van der Waals surface area contributed by atoms with Crippen LogP contribution in [0.3, 0.4) is 0 Å². The van der Waals surface area contributed by atoms with Crippen molar-refractivity contribution < 1.29 is 9.31 Å². The van der Waals surface area contributed by atoms with Gasteiger partial charge in [-0.25, -0.2) is 9.37 Å². The molecule has 2 atom stereocenters. The van der Waals surface area contributed by atoms with E-state index in [1.54, 1.807) is 18.2 Å². The Kier molecular flexibility index (Phi) is 4.00. The zero-order valence-electron chi connectivity index (χ0n) is 11.9. The van der Waals surface area contributed by atoms with E-state index in [1.165, 1.54) is 24.4 Å². The van der Waals surface area contributed by atoms with E-state index in [0.29, 0.717) is 5.82 Å². The van der Waals surface area contributed by atoms with E-state index >= 15 is 0 Å². The van der Waals surface area contributed by atoms with Crippen molar-refractivity contribution in [2.45, 2.75) is 31.2 Å². The molecular formula is C16H16FN3O2. The first-order chi connectivity index (χ1) is 10.6. The summed E-state index contributed by atoms with van der Waals surface area (Å²) in [6, 6.07) is 9.53. The minimum absolute atomic E-state index is 0.0211. The molecule has 114 valence electrons. The van der Waals surface area contributed by atoms with Crippen molar-refractivity contribution in [1.29, 1.82) is 0 Å². The predicted molar refractivity (Wildman–Crippen MR) is 81.3 cm³/mol. The fourth-order valence-corrected chi connectivity index (χ4v) is 3.07. The predicted octanol–water partition coefficient (Wildman–Crippen LogP) is 3.88. The summed E-state index contributed by atoms with van der Waals surface area (Å²) in [6.07, 6.45) is 4.46. The SMILES string of the molecule is O=[N+]([O-])c1cccnc1NC1CCCC1c1ccc(F)cc1. The average Bonchev–Trinajstić information content (AvgIpc) is 2.96. The molecule has 22 heavy (non-hydrogen) atoms. The Morgan fingerprint density at radius 3 is 2.73 bits per heavy atom. The second-order valence-electron chi connectivity index (χ2n) is 5.47. The lowest BCUT2D eigenvalue weighted by molar-refractivity contribution is -0.384. The van der Waals surface area contributed by atoms with Crippen LogP contribution >= 0.6 is 0 Å². The third-order valence-corrected chi connectivity index (χ3v) is 4.12. The molecule has 1 aliphatic rings. The van der Waals surface area contributed by atoms with Crippen molar-refractivity contribution in [3.63, 3.8) is 0 Å². The molecule has 0 bridgehead atoms. The number of nitro groups is 1. The number of nitrogens with one attached hydrogen (secondary N) is 1. The van der Waals surface area contributed by atoms with Gasteiger partial charge in [0, 0.05) is 24.2 Å². The monoisotopic (exact) mass is 301 g/mol. The molecule has 2 unspecified atom stereocenters. The number of rotatable bonds is 4. The van der Waals surface area contributed by atoms with Crippen LogP contribution in [0.15, 0.2) is 42.6 Å². The summed E-state index contributed by atoms with van der Waals surface area (Å²) in [5.41, 5.74) is 1.03. The Hall–Kier alpha value is -2.50. The molecule has 1 aliphatic carbocycles. The Labute approximate surface area is 127 Å². The first-order valence-electron chi connectivity index (χ1n) is 7.26. The van der Waals surface area contributed by atoms with Crippen LogP contribution in [0.2, 0.25) is 0 Å². The van der Waals surface area contributed by atoms with Crippen molar-refractivity contribution in [1.82, 2.24) is 4.98 Å². The maximum absolute atomic E-state index is 13.1. The number of nitrogens with zero attached hydrogens (tertiary/aromatic N) is 2. The van der Waals surface area contributed by atoms with E-state index in [4.69, 9.17) is 0 Å². The van der Waals surface area contributed by atoms with Crippen molar-refractivity contribution >= 4 is 11.5 Å². The Balaban J connectivity index is 1.82. The molecule has 2 aromatic rings. The largest absolute Gasteiger partial charge is 0.361 e. The highest BCUT2D eigenvalue weighted by molar-refractivity contribution is 5.56. The summed E-state index contributed by atoms with van der Waals surface area (Å²) in [5.74, 6) is 0.250. The maximum Gasteiger partial charge on any atom is 0.311 e. The topological polar surface area (TPSA) is 68.1 Å². The van der Waals surface area contributed by atoms with Crippen LogP contribution in [0.5, 0.6) is 0 Å². The average molecular weight is 301 g/mol. The molecule has 1 saturated carbocycles. The van der Waals surface area contributed by atoms with Crippen LogP contribution in [-0.2, 0) is 0 Å². The zero-order chi connectivity index (χ0) is 15.5. The van der Waals surface area contributed by atoms with Crippen LogP contribution in [-0.4, -0.2) is 15.9 Å². The summed E-state index contributed by atoms with van der Waals surface area (Å²) in [7, 11) is 0. The van der Waals surface area contributed by atoms with Gasteiger partial charge in [0.2, 0.25) is 5.82 Å². The van der Waals surface area contributed by atoms with Crippen LogP contribution in [0.25, 0.3) is 0 Å². The molecule has 0 aliphatic heterocycles. The second kappa shape index (κ2) is 6.09. The van der Waals surface area contributed by atoms with Crippen LogP contribution in [0.4, 0.5) is 15.9 Å². The molecule has 0 amide bonds. The number of anilines is 1. The van der Waals surface area contributed by atoms with Crippen LogP contribution in [0, 0.1) is 15.9 Å². The van der Waals surface area contributed by atoms with Gasteiger partial charge in [0.15, 0.2) is 0 Å². The van der Waals surface area contributed by atoms with Gasteiger partial charge in [-0.05, 0) is 36.6 Å². The van der Waals surface area contributed by atoms with E-state index in [0.717, 1.165) is 24.8 Å². The van der Waals surface area contributed by atoms with Crippen molar-refractivity contribution in [2.24, 2.45) is 0 Å². The molecule has 1 fully saturated rings. The smallest absolute Gasteiger partial charge is 0.311 e. The van der Waals surface area contributed by atoms with E-state index in [-0.39, 0.29) is 23.5 Å². The number of pyridine rings is 1. The second-order valence-corrected chi connectivity index (χ2v) is 5.47. The third-order valence-electron chi connectivity index (χ3n) is 4.12. The Morgan fingerprint density at radius 2 is 2.00 bits per heavy atom. The van der Waals surface area contributed by atoms with Gasteiger partial charge in [-0.1, -0.05) is 18.6 Å². The van der Waals surface area contributed by atoms with E-state index in [2.05, 4.69) is 10.3 Å². The molecule has 0 radical (unpaired) electrons. The summed E-state index contributed by atoms with van der Waals surface area (Å²) >= 11 is 0. The van der Waals surface area contributed by atoms with E-state index in [1.807, 2.05) is 0 Å². The molecule has 1 aromatic carbocycles. The molecule has 3 rings (SSSR count). The number of benzene rings is 1. The van der Waals surface area contributed by atoms with Gasteiger partial charge in [0.1, 0.15) is 5.82 Å². The number of hydrogen-bond donors (Lipinski definition) is 1. The molecule has 5 nitrogen and oxygen atoms in total. The lowest BCUT2D eigenvalue weighted by Crippen LogP contribution is -2.23. The van der Waals surface area contributed by atoms with Gasteiger partial charge >= 0.3 is 5.69 Å². The Morgan fingerprint density at radius 1 is 1.23 bits per heavy atom. The quantitative estimate of drug-likeness (QED) is 0.687. The lowest BCUT2D eigenvalue weighted by atomic mass is 9.94. The van der Waals surface area contributed by atoms with E-state index < -0.39 is 4.92 Å². The van der Waals surface area contributed by atoms with Gasteiger partial charge in [0.25, 0.3) is 0 Å². The lowest BCUT2D eigenvalue weighted by Gasteiger charge is -2.21. The molecule has 0 spiro atoms. The van der Waals surface area contributed by atoms with Crippen molar-refractivity contribution in [3.05, 3.63) is 64.1 Å². The van der Waals surface area contributed by atoms with E-state index in [9.17, 15) is 14.5 Å². The summed E-state index contributed by atoms with van der Waals surface area (Å²) < 4.78 is 13.1. The molecule has 1 heterocycles. The standard InChI is InChI=1S/C16H16FN3O2/c17-12-8-6-11(7-9-12)13-3-1-4-14(13)19-16-15(20(21)22)5-2-10-18-16/h2,5-10,13-14H,1,3-4H2,(H,18,19). The van der Waals surface area contributed by atoms with Gasteiger partial charge in [0.05, 0.1) is 4.92 Å². The minimum Gasteiger partial charge on any atom is -0.361 e. The molecule has 1 N–H and O–H groups in total. The van der Waals surface area contributed by atoms with Gasteiger partial charge in [-0.2, -0.15) is 0 Å². The first-order valence-corrected chi connectivity index (χ1v) is 7.26. The number of halogens is 1. The third kappa shape index (κ3) is 2.90. The van der Waals surface area contributed by atoms with Crippen LogP contribution < -0.4 is 5.32 Å². The molecular weight excluding hydrogens is 285 g/mol. The highest BCUT2D eigenvalue weighted by Gasteiger charge is 2.30. The number of aromatic nitrogens is 1. The summed E-state index contributed by atoms with van der Waals surface area (Å²) in [5, 5.41) is 14.3. The normalized spacial score (nSPS) is 20.8. The van der Waals surface area contributed by atoms with Crippen LogP contribution in [0.1, 0.15) is 30.7 Å². The van der Waals surface area contributed by atoms with Gasteiger partial charge < -0.3 is 5.32 Å². The molecule has 6 heteroatoms. The number of hydrogen-bond acceptors (Lipinski definition) is 4. The molecule has 0 saturated heterocycles. The van der Waals surface area contributed by atoms with Crippen molar-refractivity contribution in [3.8, 4) is 0 Å². The van der Waals surface area contributed by atoms with Gasteiger partial charge in [-0.15, -0.1) is 0 Å². The maximum atomic E-state index is 13.1. The van der Waals surface area contributed by atoms with Gasteiger partial charge in [-0.3, -0.25) is 10.1 Å². The highest BCUT2D eigenvalue weighted by Crippen LogP contribution is 2.37. The fraction of sp³-hybridized carbons (Fsp3) is 0.312.